The summed E-state index contributed by atoms with van der Waals surface area (Å²) >= 11 is 1.61. The smallest absolute Gasteiger partial charge is 0.306 e. The molecule has 21 heavy (non-hydrogen) atoms. The van der Waals surface area contributed by atoms with Crippen molar-refractivity contribution < 1.29 is 9.53 Å². The maximum atomic E-state index is 11.0. The first kappa shape index (κ1) is 15.5. The number of thioether (sulfide) groups is 1. The predicted octanol–water partition coefficient (Wildman–Crippen LogP) is 2.02. The maximum Gasteiger partial charge on any atom is 0.306 e. The number of rotatable bonds is 7. The molecule has 7 heteroatoms. The number of carbonyl (C=O) groups excluding carboxylic acids is 1. The minimum absolute atomic E-state index is 0.197. The Morgan fingerprint density at radius 1 is 1.33 bits per heavy atom. The number of aryl methyl sites for hydroxylation is 1. The molecule has 6 nitrogen and oxygen atoms in total. The average molecular weight is 306 g/mol. The summed E-state index contributed by atoms with van der Waals surface area (Å²) in [7, 11) is 1.40. The lowest BCUT2D eigenvalue weighted by Gasteiger charge is -2.05. The van der Waals surface area contributed by atoms with E-state index < -0.39 is 0 Å². The molecule has 2 aromatic rings. The van der Waals surface area contributed by atoms with Gasteiger partial charge >= 0.3 is 5.97 Å². The van der Waals surface area contributed by atoms with Crippen molar-refractivity contribution in [3.05, 3.63) is 35.7 Å². The van der Waals surface area contributed by atoms with Gasteiger partial charge in [0.05, 0.1) is 25.0 Å². The van der Waals surface area contributed by atoms with E-state index in [1.165, 1.54) is 12.7 Å². The van der Waals surface area contributed by atoms with Gasteiger partial charge in [0.2, 0.25) is 0 Å². The van der Waals surface area contributed by atoms with Gasteiger partial charge in [0.25, 0.3) is 0 Å². The van der Waals surface area contributed by atoms with Crippen LogP contribution in [0.4, 0.5) is 0 Å². The Morgan fingerprint density at radius 2 is 2.10 bits per heavy atom. The quantitative estimate of drug-likeness (QED) is 0.576. The molecule has 0 spiro atoms. The summed E-state index contributed by atoms with van der Waals surface area (Å²) in [6.45, 7) is 2.12. The summed E-state index contributed by atoms with van der Waals surface area (Å²) in [5.41, 5.74) is 2.22. The molecule has 0 atom stereocenters. The van der Waals surface area contributed by atoms with Crippen LogP contribution in [0.25, 0.3) is 5.69 Å². The zero-order chi connectivity index (χ0) is 15.1. The molecule has 0 bridgehead atoms. The summed E-state index contributed by atoms with van der Waals surface area (Å²) in [6, 6.07) is 8.17. The van der Waals surface area contributed by atoms with Crippen molar-refractivity contribution in [1.82, 2.24) is 20.2 Å². The first-order valence-electron chi connectivity index (χ1n) is 6.75. The van der Waals surface area contributed by atoms with Crippen molar-refractivity contribution in [3.8, 4) is 5.69 Å². The molecular formula is C14H18N4O2S. The van der Waals surface area contributed by atoms with Crippen molar-refractivity contribution in [3.63, 3.8) is 0 Å². The monoisotopic (exact) mass is 306 g/mol. The minimum Gasteiger partial charge on any atom is -0.469 e. The Balaban J connectivity index is 1.96. The van der Waals surface area contributed by atoms with E-state index in [9.17, 15) is 4.79 Å². The van der Waals surface area contributed by atoms with Crippen LogP contribution in [-0.4, -0.2) is 39.0 Å². The summed E-state index contributed by atoms with van der Waals surface area (Å²) in [5.74, 6) is 1.92. The van der Waals surface area contributed by atoms with E-state index >= 15 is 0 Å². The predicted molar refractivity (Wildman–Crippen MR) is 81.3 cm³/mol. The Kier molecular flexibility index (Phi) is 5.74. The fraction of sp³-hybridized carbons (Fsp3) is 0.429. The number of carbonyl (C=O) groups is 1. The third-order valence-electron chi connectivity index (χ3n) is 3.03. The Labute approximate surface area is 127 Å². The van der Waals surface area contributed by atoms with Gasteiger partial charge in [-0.2, -0.15) is 16.4 Å². The number of tetrazole rings is 1. The Hall–Kier alpha value is -1.89. The fourth-order valence-corrected chi connectivity index (χ4v) is 2.61. The zero-order valence-corrected chi connectivity index (χ0v) is 13.0. The van der Waals surface area contributed by atoms with Gasteiger partial charge in [-0.05, 0) is 34.5 Å². The van der Waals surface area contributed by atoms with Gasteiger partial charge < -0.3 is 4.74 Å². The van der Waals surface area contributed by atoms with Gasteiger partial charge in [0.1, 0.15) is 0 Å². The van der Waals surface area contributed by atoms with E-state index in [1.807, 2.05) is 12.1 Å². The van der Waals surface area contributed by atoms with E-state index in [1.54, 1.807) is 16.4 Å². The van der Waals surface area contributed by atoms with Crippen LogP contribution < -0.4 is 0 Å². The van der Waals surface area contributed by atoms with Gasteiger partial charge in [0, 0.05) is 5.75 Å². The molecule has 0 amide bonds. The van der Waals surface area contributed by atoms with E-state index in [0.29, 0.717) is 17.9 Å². The fourth-order valence-electron chi connectivity index (χ4n) is 1.79. The van der Waals surface area contributed by atoms with Crippen molar-refractivity contribution in [2.24, 2.45) is 0 Å². The second kappa shape index (κ2) is 7.78. The van der Waals surface area contributed by atoms with Gasteiger partial charge in [-0.3, -0.25) is 4.79 Å². The standard InChI is InChI=1S/C14H18N4O2S/c1-3-11-4-6-12(7-5-11)18-13(15-16-17-18)10-21-9-8-14(19)20-2/h4-7H,3,8-10H2,1-2H3. The second-order valence-electron chi connectivity index (χ2n) is 4.41. The maximum absolute atomic E-state index is 11.0. The van der Waals surface area contributed by atoms with Crippen LogP contribution in [0.1, 0.15) is 24.7 Å². The van der Waals surface area contributed by atoms with Crippen LogP contribution in [0.5, 0.6) is 0 Å². The largest absolute Gasteiger partial charge is 0.469 e. The second-order valence-corrected chi connectivity index (χ2v) is 5.51. The van der Waals surface area contributed by atoms with Crippen molar-refractivity contribution in [2.75, 3.05) is 12.9 Å². The Morgan fingerprint density at radius 3 is 2.76 bits per heavy atom. The number of hydrogen-bond acceptors (Lipinski definition) is 6. The first-order chi connectivity index (χ1) is 10.2. The summed E-state index contributed by atoms with van der Waals surface area (Å²) in [5, 5.41) is 11.8. The zero-order valence-electron chi connectivity index (χ0n) is 12.2. The molecule has 0 radical (unpaired) electrons. The molecule has 0 unspecified atom stereocenters. The van der Waals surface area contributed by atoms with Crippen molar-refractivity contribution >= 4 is 17.7 Å². The highest BCUT2D eigenvalue weighted by molar-refractivity contribution is 7.98. The number of methoxy groups -OCH3 is 1. The molecule has 0 aliphatic heterocycles. The highest BCUT2D eigenvalue weighted by atomic mass is 32.2. The van der Waals surface area contributed by atoms with Crippen LogP contribution in [0.15, 0.2) is 24.3 Å². The lowest BCUT2D eigenvalue weighted by molar-refractivity contribution is -0.140. The van der Waals surface area contributed by atoms with Gasteiger partial charge in [-0.15, -0.1) is 5.10 Å². The third kappa shape index (κ3) is 4.29. The van der Waals surface area contributed by atoms with Crippen molar-refractivity contribution in [1.29, 1.82) is 0 Å². The van der Waals surface area contributed by atoms with E-state index in [4.69, 9.17) is 0 Å². The van der Waals surface area contributed by atoms with Crippen LogP contribution in [-0.2, 0) is 21.7 Å². The highest BCUT2D eigenvalue weighted by Crippen LogP contribution is 2.15. The lowest BCUT2D eigenvalue weighted by Crippen LogP contribution is -2.04. The number of aromatic nitrogens is 4. The molecule has 112 valence electrons. The SMILES string of the molecule is CCc1ccc(-n2nnnc2CSCCC(=O)OC)cc1. The van der Waals surface area contributed by atoms with Gasteiger partial charge in [-0.25, -0.2) is 0 Å². The third-order valence-corrected chi connectivity index (χ3v) is 3.99. The van der Waals surface area contributed by atoms with Crippen LogP contribution in [0.3, 0.4) is 0 Å². The summed E-state index contributed by atoms with van der Waals surface area (Å²) < 4.78 is 6.33. The van der Waals surface area contributed by atoms with Crippen LogP contribution in [0.2, 0.25) is 0 Å². The molecule has 0 aliphatic rings. The molecule has 0 saturated heterocycles. The number of hydrogen-bond donors (Lipinski definition) is 0. The van der Waals surface area contributed by atoms with Gasteiger partial charge in [-0.1, -0.05) is 19.1 Å². The van der Waals surface area contributed by atoms with E-state index in [-0.39, 0.29) is 5.97 Å². The molecule has 1 aromatic carbocycles. The number of ether oxygens (including phenoxy) is 1. The molecule has 2 rings (SSSR count). The molecule has 0 saturated carbocycles. The molecule has 0 N–H and O–H groups in total. The summed E-state index contributed by atoms with van der Waals surface area (Å²) in [6.07, 6.45) is 1.40. The minimum atomic E-state index is -0.197. The normalized spacial score (nSPS) is 10.6. The van der Waals surface area contributed by atoms with Crippen LogP contribution in [0, 0.1) is 0 Å². The lowest BCUT2D eigenvalue weighted by atomic mass is 10.1. The summed E-state index contributed by atoms with van der Waals surface area (Å²) in [4.78, 5) is 11.0. The highest BCUT2D eigenvalue weighted by Gasteiger charge is 2.09. The first-order valence-corrected chi connectivity index (χ1v) is 7.91. The van der Waals surface area contributed by atoms with Gasteiger partial charge in [0.15, 0.2) is 5.82 Å². The molecule has 0 aliphatic carbocycles. The average Bonchev–Trinajstić information content (AvgIpc) is 2.99. The number of esters is 1. The van der Waals surface area contributed by atoms with E-state index in [0.717, 1.165) is 17.9 Å². The number of benzene rings is 1. The number of nitrogens with zero attached hydrogens (tertiary/aromatic N) is 4. The molecule has 0 fully saturated rings. The van der Waals surface area contributed by atoms with Crippen molar-refractivity contribution in [2.45, 2.75) is 25.5 Å². The Bertz CT molecular complexity index is 583. The molecule has 1 heterocycles. The molecular weight excluding hydrogens is 288 g/mol. The topological polar surface area (TPSA) is 69.9 Å². The van der Waals surface area contributed by atoms with Crippen LogP contribution >= 0.6 is 11.8 Å². The van der Waals surface area contributed by atoms with E-state index in [2.05, 4.69) is 39.3 Å². The molecule has 1 aromatic heterocycles.